The molecule has 1 amide bonds. The quantitative estimate of drug-likeness (QED) is 0.541. The van der Waals surface area contributed by atoms with Gasteiger partial charge >= 0.3 is 0 Å². The molecule has 33 heavy (non-hydrogen) atoms. The van der Waals surface area contributed by atoms with E-state index in [9.17, 15) is 9.18 Å². The third kappa shape index (κ3) is 5.30. The van der Waals surface area contributed by atoms with Gasteiger partial charge in [0.15, 0.2) is 5.69 Å². The smallest absolute Gasteiger partial charge is 0.273 e. The van der Waals surface area contributed by atoms with E-state index in [1.807, 2.05) is 25.1 Å². The van der Waals surface area contributed by atoms with Crippen molar-refractivity contribution in [1.29, 1.82) is 0 Å². The van der Waals surface area contributed by atoms with Gasteiger partial charge in [-0.2, -0.15) is 10.2 Å². The van der Waals surface area contributed by atoms with Crippen molar-refractivity contribution in [2.45, 2.75) is 58.3 Å². The van der Waals surface area contributed by atoms with Gasteiger partial charge in [-0.3, -0.25) is 9.78 Å². The molecule has 0 spiro atoms. The summed E-state index contributed by atoms with van der Waals surface area (Å²) in [6, 6.07) is 5.82. The van der Waals surface area contributed by atoms with Crippen LogP contribution in [0.25, 0.3) is 6.08 Å². The van der Waals surface area contributed by atoms with Gasteiger partial charge in [0.25, 0.3) is 5.91 Å². The lowest BCUT2D eigenvalue weighted by Crippen LogP contribution is -2.23. The molecule has 3 aromatic heterocycles. The van der Waals surface area contributed by atoms with Crippen molar-refractivity contribution < 1.29 is 9.18 Å². The fraction of sp³-hybridized carbons (Fsp3) is 0.417. The van der Waals surface area contributed by atoms with E-state index in [4.69, 9.17) is 0 Å². The molecular weight excluding hydrogens is 421 g/mol. The maximum Gasteiger partial charge on any atom is 0.273 e. The molecule has 1 atom stereocenters. The molecule has 8 nitrogen and oxygen atoms in total. The van der Waals surface area contributed by atoms with Crippen LogP contribution in [0.3, 0.4) is 0 Å². The van der Waals surface area contributed by atoms with Gasteiger partial charge in [-0.05, 0) is 61.8 Å². The summed E-state index contributed by atoms with van der Waals surface area (Å²) in [4.78, 5) is 16.5. The summed E-state index contributed by atoms with van der Waals surface area (Å²) in [6.45, 7) is 2.27. The second-order valence-electron chi connectivity index (χ2n) is 8.86. The third-order valence-corrected chi connectivity index (χ3v) is 6.06. The van der Waals surface area contributed by atoms with Crippen LogP contribution >= 0.6 is 0 Å². The molecule has 3 heterocycles. The van der Waals surface area contributed by atoms with E-state index in [1.54, 1.807) is 6.20 Å². The van der Waals surface area contributed by atoms with E-state index >= 15 is 0 Å². The van der Waals surface area contributed by atoms with Gasteiger partial charge in [-0.25, -0.2) is 9.07 Å². The number of rotatable bonds is 9. The van der Waals surface area contributed by atoms with Crippen LogP contribution in [0.15, 0.2) is 36.2 Å². The number of hydrogen-bond donors (Lipinski definition) is 1. The van der Waals surface area contributed by atoms with Gasteiger partial charge in [0.2, 0.25) is 0 Å². The van der Waals surface area contributed by atoms with Gasteiger partial charge < -0.3 is 5.32 Å². The zero-order valence-corrected chi connectivity index (χ0v) is 18.5. The average molecular weight is 448 g/mol. The van der Waals surface area contributed by atoms with Crippen LogP contribution in [0.5, 0.6) is 0 Å². The molecule has 0 saturated heterocycles. The first-order chi connectivity index (χ1) is 16.0. The Bertz CT molecular complexity index is 1180. The summed E-state index contributed by atoms with van der Waals surface area (Å²) in [5.74, 6) is 0.372. The first kappa shape index (κ1) is 21.4. The summed E-state index contributed by atoms with van der Waals surface area (Å²) >= 11 is 0. The minimum absolute atomic E-state index is 0.0340. The van der Waals surface area contributed by atoms with Gasteiger partial charge in [-0.15, -0.1) is 5.10 Å². The van der Waals surface area contributed by atoms with E-state index in [1.165, 1.54) is 29.3 Å². The van der Waals surface area contributed by atoms with Crippen molar-refractivity contribution in [2.75, 3.05) is 0 Å². The fourth-order valence-corrected chi connectivity index (χ4v) is 3.99. The van der Waals surface area contributed by atoms with Crippen LogP contribution in [0.1, 0.15) is 58.0 Å². The highest BCUT2D eigenvalue weighted by atomic mass is 19.1. The first-order valence-corrected chi connectivity index (χ1v) is 11.3. The molecule has 5 rings (SSSR count). The van der Waals surface area contributed by atoms with Gasteiger partial charge in [0.1, 0.15) is 6.17 Å². The second kappa shape index (κ2) is 9.17. The van der Waals surface area contributed by atoms with E-state index in [0.29, 0.717) is 19.4 Å². The van der Waals surface area contributed by atoms with Crippen LogP contribution < -0.4 is 5.32 Å². The van der Waals surface area contributed by atoms with Crippen LogP contribution in [0.4, 0.5) is 4.39 Å². The largest absolute Gasteiger partial charge is 0.346 e. The molecule has 0 radical (unpaired) electrons. The summed E-state index contributed by atoms with van der Waals surface area (Å²) in [5.41, 5.74) is 6.38. The van der Waals surface area contributed by atoms with E-state index < -0.39 is 6.17 Å². The van der Waals surface area contributed by atoms with Gasteiger partial charge in [-0.1, -0.05) is 22.9 Å². The number of aromatic nitrogens is 6. The Morgan fingerprint density at radius 3 is 2.94 bits per heavy atom. The van der Waals surface area contributed by atoms with Crippen molar-refractivity contribution in [3.8, 4) is 0 Å². The lowest BCUT2D eigenvalue weighted by Gasteiger charge is -2.08. The van der Waals surface area contributed by atoms with Gasteiger partial charge in [0.05, 0.1) is 24.1 Å². The SMILES string of the molecule is Cc1ccc(CNC(=O)c2cn(CC(F)CCc3cc4c(nn3)CC(C3CC3)=C4)nn2)cn1. The molecule has 0 bridgehead atoms. The number of aryl methyl sites for hydroxylation is 2. The number of nitrogens with one attached hydrogen (secondary N) is 1. The van der Waals surface area contributed by atoms with Crippen molar-refractivity contribution >= 4 is 12.0 Å². The highest BCUT2D eigenvalue weighted by Crippen LogP contribution is 2.41. The minimum Gasteiger partial charge on any atom is -0.346 e. The monoisotopic (exact) mass is 447 g/mol. The summed E-state index contributed by atoms with van der Waals surface area (Å²) in [7, 11) is 0. The number of halogens is 1. The van der Waals surface area contributed by atoms with Crippen LogP contribution in [-0.4, -0.2) is 42.3 Å². The number of carbonyl (C=O) groups excluding carboxylic acids is 1. The maximum absolute atomic E-state index is 14.6. The molecule has 1 fully saturated rings. The molecule has 1 unspecified atom stereocenters. The Morgan fingerprint density at radius 1 is 1.27 bits per heavy atom. The number of pyridine rings is 1. The standard InChI is InChI=1S/C24H26FN7O/c1-15-2-3-16(11-26-15)12-27-24(33)23-14-32(31-30-23)13-20(25)6-7-21-9-19-8-18(17-4-5-17)10-22(19)29-28-21/h2-3,8-9,11,14,17,20H,4-7,10,12-13H2,1H3,(H,27,33). The second-order valence-corrected chi connectivity index (χ2v) is 8.86. The summed E-state index contributed by atoms with van der Waals surface area (Å²) in [5, 5.41) is 19.2. The summed E-state index contributed by atoms with van der Waals surface area (Å²) < 4.78 is 15.9. The Balaban J connectivity index is 1.10. The molecular formula is C24H26FN7O. The number of allylic oxidation sites excluding steroid dienone is 1. The molecule has 0 aromatic carbocycles. The van der Waals surface area contributed by atoms with Crippen molar-refractivity contribution in [1.82, 2.24) is 35.5 Å². The molecule has 2 aliphatic rings. The Kier molecular flexibility index (Phi) is 5.93. The molecule has 1 saturated carbocycles. The Morgan fingerprint density at radius 2 is 2.15 bits per heavy atom. The normalized spacial score (nSPS) is 15.8. The number of alkyl halides is 1. The Hall–Kier alpha value is -3.49. The molecule has 170 valence electrons. The lowest BCUT2D eigenvalue weighted by molar-refractivity contribution is 0.0945. The number of amides is 1. The topological polar surface area (TPSA) is 98.5 Å². The molecule has 9 heteroatoms. The number of fused-ring (bicyclic) bond motifs is 1. The Labute approximate surface area is 191 Å². The van der Waals surface area contributed by atoms with Crippen LogP contribution in [0, 0.1) is 12.8 Å². The van der Waals surface area contributed by atoms with Crippen molar-refractivity contribution in [2.24, 2.45) is 5.92 Å². The van der Waals surface area contributed by atoms with E-state index in [2.05, 4.69) is 36.9 Å². The van der Waals surface area contributed by atoms with Crippen molar-refractivity contribution in [3.05, 3.63) is 70.1 Å². The molecule has 3 aromatic rings. The molecule has 1 N–H and O–H groups in total. The minimum atomic E-state index is -1.13. The zero-order chi connectivity index (χ0) is 22.8. The molecule has 2 aliphatic carbocycles. The number of nitrogens with zero attached hydrogens (tertiary/aromatic N) is 6. The highest BCUT2D eigenvalue weighted by molar-refractivity contribution is 5.91. The van der Waals surface area contributed by atoms with Crippen molar-refractivity contribution in [3.63, 3.8) is 0 Å². The van der Waals surface area contributed by atoms with Crippen LogP contribution in [-0.2, 0) is 25.9 Å². The highest BCUT2D eigenvalue weighted by Gasteiger charge is 2.29. The predicted molar refractivity (Wildman–Crippen MR) is 120 cm³/mol. The zero-order valence-electron chi connectivity index (χ0n) is 18.5. The first-order valence-electron chi connectivity index (χ1n) is 11.3. The summed E-state index contributed by atoms with van der Waals surface area (Å²) in [6.07, 6.45) is 8.55. The predicted octanol–water partition coefficient (Wildman–Crippen LogP) is 3.02. The van der Waals surface area contributed by atoms with E-state index in [0.717, 1.165) is 40.5 Å². The lowest BCUT2D eigenvalue weighted by atomic mass is 10.1. The number of carbonyl (C=O) groups is 1. The number of hydrogen-bond acceptors (Lipinski definition) is 6. The average Bonchev–Trinajstić information content (AvgIpc) is 3.41. The van der Waals surface area contributed by atoms with E-state index in [-0.39, 0.29) is 18.1 Å². The third-order valence-electron chi connectivity index (χ3n) is 6.06. The molecule has 0 aliphatic heterocycles. The maximum atomic E-state index is 14.6. The van der Waals surface area contributed by atoms with Gasteiger partial charge in [0, 0.05) is 24.9 Å². The van der Waals surface area contributed by atoms with Crippen LogP contribution in [0.2, 0.25) is 0 Å². The fourth-order valence-electron chi connectivity index (χ4n) is 3.99.